The molecule has 1 saturated carbocycles. The van der Waals surface area contributed by atoms with Crippen molar-refractivity contribution in [2.75, 3.05) is 6.54 Å². The molecule has 3 nitrogen and oxygen atoms in total. The van der Waals surface area contributed by atoms with Gasteiger partial charge in [-0.1, -0.05) is 19.3 Å². The van der Waals surface area contributed by atoms with Crippen molar-refractivity contribution in [2.24, 2.45) is 12.8 Å². The molecule has 0 radical (unpaired) electrons. The second kappa shape index (κ2) is 3.97. The van der Waals surface area contributed by atoms with Gasteiger partial charge in [0.2, 0.25) is 0 Å². The van der Waals surface area contributed by atoms with Crippen molar-refractivity contribution in [2.45, 2.75) is 44.4 Å². The Hall–Kier alpha value is -0.830. The second-order valence-electron chi connectivity index (χ2n) is 4.84. The highest BCUT2D eigenvalue weighted by Gasteiger charge is 2.34. The number of hydrogen-bond donors (Lipinski definition) is 1. The zero-order valence-corrected chi connectivity index (χ0v) is 9.79. The summed E-state index contributed by atoms with van der Waals surface area (Å²) in [4.78, 5) is 0. The third kappa shape index (κ3) is 1.81. The summed E-state index contributed by atoms with van der Waals surface area (Å²) in [6, 6.07) is 2.21. The Bertz CT molecular complexity index is 315. The third-order valence-electron chi connectivity index (χ3n) is 3.86. The summed E-state index contributed by atoms with van der Waals surface area (Å²) in [6.45, 7) is 2.84. The van der Waals surface area contributed by atoms with Crippen LogP contribution in [0, 0.1) is 6.92 Å². The lowest BCUT2D eigenvalue weighted by molar-refractivity contribution is 0.292. The van der Waals surface area contributed by atoms with Crippen LogP contribution in [0.3, 0.4) is 0 Å². The quantitative estimate of drug-likeness (QED) is 0.804. The molecule has 1 heterocycles. The van der Waals surface area contributed by atoms with E-state index < -0.39 is 0 Å². The molecular formula is C12H21N3. The first kappa shape index (κ1) is 10.7. The molecule has 0 atom stereocenters. The SMILES string of the molecule is Cc1cc(C2(CN)CCCCC2)nn1C. The molecule has 0 spiro atoms. The van der Waals surface area contributed by atoms with Crippen molar-refractivity contribution in [3.05, 3.63) is 17.5 Å². The zero-order chi connectivity index (χ0) is 10.9. The van der Waals surface area contributed by atoms with Gasteiger partial charge >= 0.3 is 0 Å². The van der Waals surface area contributed by atoms with E-state index in [1.54, 1.807) is 0 Å². The van der Waals surface area contributed by atoms with Crippen LogP contribution >= 0.6 is 0 Å². The Kier molecular flexibility index (Phi) is 2.83. The van der Waals surface area contributed by atoms with Gasteiger partial charge in [-0.25, -0.2) is 0 Å². The van der Waals surface area contributed by atoms with Crippen LogP contribution in [-0.2, 0) is 12.5 Å². The van der Waals surface area contributed by atoms with Gasteiger partial charge < -0.3 is 5.73 Å². The van der Waals surface area contributed by atoms with Gasteiger partial charge in [-0.2, -0.15) is 5.10 Å². The number of nitrogens with two attached hydrogens (primary N) is 1. The number of hydrogen-bond acceptors (Lipinski definition) is 2. The van der Waals surface area contributed by atoms with E-state index >= 15 is 0 Å². The summed E-state index contributed by atoms with van der Waals surface area (Å²) in [6.07, 6.45) is 6.37. The number of rotatable bonds is 2. The van der Waals surface area contributed by atoms with Crippen LogP contribution in [0.2, 0.25) is 0 Å². The minimum atomic E-state index is 0.171. The molecule has 0 aliphatic heterocycles. The Balaban J connectivity index is 2.32. The average Bonchev–Trinajstić information content (AvgIpc) is 2.61. The fourth-order valence-corrected chi connectivity index (χ4v) is 2.61. The molecule has 0 saturated heterocycles. The van der Waals surface area contributed by atoms with Crippen LogP contribution in [0.4, 0.5) is 0 Å². The number of nitrogens with zero attached hydrogens (tertiary/aromatic N) is 2. The Labute approximate surface area is 91.7 Å². The highest BCUT2D eigenvalue weighted by Crippen LogP contribution is 2.37. The average molecular weight is 207 g/mol. The van der Waals surface area contributed by atoms with E-state index in [4.69, 9.17) is 5.73 Å². The molecular weight excluding hydrogens is 186 g/mol. The summed E-state index contributed by atoms with van der Waals surface area (Å²) >= 11 is 0. The van der Waals surface area contributed by atoms with Crippen LogP contribution in [0.25, 0.3) is 0 Å². The molecule has 15 heavy (non-hydrogen) atoms. The Morgan fingerprint density at radius 2 is 2.07 bits per heavy atom. The van der Waals surface area contributed by atoms with Gasteiger partial charge in [-0.3, -0.25) is 4.68 Å². The molecule has 2 N–H and O–H groups in total. The zero-order valence-electron chi connectivity index (χ0n) is 9.79. The molecule has 0 bridgehead atoms. The van der Waals surface area contributed by atoms with E-state index in [1.165, 1.54) is 43.5 Å². The normalized spacial score (nSPS) is 20.5. The third-order valence-corrected chi connectivity index (χ3v) is 3.86. The Morgan fingerprint density at radius 3 is 2.53 bits per heavy atom. The van der Waals surface area contributed by atoms with E-state index in [0.717, 1.165) is 6.54 Å². The van der Waals surface area contributed by atoms with E-state index in [1.807, 2.05) is 11.7 Å². The van der Waals surface area contributed by atoms with Gasteiger partial charge in [0.1, 0.15) is 0 Å². The Morgan fingerprint density at radius 1 is 1.40 bits per heavy atom. The van der Waals surface area contributed by atoms with Gasteiger partial charge in [0.25, 0.3) is 0 Å². The largest absolute Gasteiger partial charge is 0.330 e. The standard InChI is InChI=1S/C12H21N3/c1-10-8-11(14-15(10)2)12(9-13)6-4-3-5-7-12/h8H,3-7,9,13H2,1-2H3. The van der Waals surface area contributed by atoms with Gasteiger partial charge in [-0.15, -0.1) is 0 Å². The highest BCUT2D eigenvalue weighted by molar-refractivity contribution is 5.21. The van der Waals surface area contributed by atoms with Crippen molar-refractivity contribution in [1.29, 1.82) is 0 Å². The van der Waals surface area contributed by atoms with Crippen molar-refractivity contribution in [3.8, 4) is 0 Å². The lowest BCUT2D eigenvalue weighted by Gasteiger charge is -2.34. The molecule has 1 aliphatic carbocycles. The molecule has 0 aromatic carbocycles. The van der Waals surface area contributed by atoms with Gasteiger partial charge in [-0.05, 0) is 25.8 Å². The van der Waals surface area contributed by atoms with Crippen LogP contribution in [0.1, 0.15) is 43.5 Å². The molecule has 1 aromatic rings. The van der Waals surface area contributed by atoms with Crippen LogP contribution in [0.5, 0.6) is 0 Å². The second-order valence-corrected chi connectivity index (χ2v) is 4.84. The molecule has 1 aliphatic rings. The first-order chi connectivity index (χ1) is 7.18. The molecule has 1 aromatic heterocycles. The first-order valence-corrected chi connectivity index (χ1v) is 5.89. The summed E-state index contributed by atoms with van der Waals surface area (Å²) in [5.74, 6) is 0. The summed E-state index contributed by atoms with van der Waals surface area (Å²) < 4.78 is 1.96. The van der Waals surface area contributed by atoms with Gasteiger partial charge in [0.05, 0.1) is 5.69 Å². The van der Waals surface area contributed by atoms with Gasteiger partial charge in [0.15, 0.2) is 0 Å². The lowest BCUT2D eigenvalue weighted by Crippen LogP contribution is -2.37. The van der Waals surface area contributed by atoms with Gasteiger partial charge in [0, 0.05) is 24.7 Å². The molecule has 3 heteroatoms. The van der Waals surface area contributed by atoms with Crippen LogP contribution in [0.15, 0.2) is 6.07 Å². The number of aromatic nitrogens is 2. The van der Waals surface area contributed by atoms with Crippen molar-refractivity contribution in [3.63, 3.8) is 0 Å². The highest BCUT2D eigenvalue weighted by atomic mass is 15.3. The van der Waals surface area contributed by atoms with E-state index in [9.17, 15) is 0 Å². The minimum Gasteiger partial charge on any atom is -0.330 e. The molecule has 0 unspecified atom stereocenters. The maximum atomic E-state index is 5.98. The fraction of sp³-hybridized carbons (Fsp3) is 0.750. The maximum Gasteiger partial charge on any atom is 0.0701 e. The summed E-state index contributed by atoms with van der Waals surface area (Å²) in [5.41, 5.74) is 8.59. The monoisotopic (exact) mass is 207 g/mol. The summed E-state index contributed by atoms with van der Waals surface area (Å²) in [7, 11) is 2.01. The molecule has 2 rings (SSSR count). The summed E-state index contributed by atoms with van der Waals surface area (Å²) in [5, 5.41) is 4.61. The predicted molar refractivity (Wildman–Crippen MR) is 61.8 cm³/mol. The van der Waals surface area contributed by atoms with E-state index in [-0.39, 0.29) is 5.41 Å². The lowest BCUT2D eigenvalue weighted by atomic mass is 9.72. The molecule has 0 amide bonds. The van der Waals surface area contributed by atoms with Crippen molar-refractivity contribution < 1.29 is 0 Å². The first-order valence-electron chi connectivity index (χ1n) is 5.89. The van der Waals surface area contributed by atoms with Crippen molar-refractivity contribution in [1.82, 2.24) is 9.78 Å². The van der Waals surface area contributed by atoms with Crippen LogP contribution < -0.4 is 5.73 Å². The maximum absolute atomic E-state index is 5.98. The smallest absolute Gasteiger partial charge is 0.0701 e. The van der Waals surface area contributed by atoms with Crippen LogP contribution in [-0.4, -0.2) is 16.3 Å². The fourth-order valence-electron chi connectivity index (χ4n) is 2.61. The van der Waals surface area contributed by atoms with E-state index in [2.05, 4.69) is 18.1 Å². The topological polar surface area (TPSA) is 43.8 Å². The molecule has 1 fully saturated rings. The van der Waals surface area contributed by atoms with E-state index in [0.29, 0.717) is 0 Å². The predicted octanol–water partition coefficient (Wildman–Crippen LogP) is 1.89. The number of aryl methyl sites for hydroxylation is 2. The van der Waals surface area contributed by atoms with Crippen molar-refractivity contribution >= 4 is 0 Å². The molecule has 84 valence electrons. The minimum absolute atomic E-state index is 0.171.